The molecule has 2 heterocycles. The van der Waals surface area contributed by atoms with Crippen LogP contribution in [0.3, 0.4) is 0 Å². The molecule has 1 aliphatic rings. The van der Waals surface area contributed by atoms with Crippen molar-refractivity contribution in [3.63, 3.8) is 0 Å². The van der Waals surface area contributed by atoms with Gasteiger partial charge in [0.25, 0.3) is 5.56 Å². The summed E-state index contributed by atoms with van der Waals surface area (Å²) in [6.07, 6.45) is 2.20. The lowest BCUT2D eigenvalue weighted by atomic mass is 10.0. The van der Waals surface area contributed by atoms with Gasteiger partial charge in [0.1, 0.15) is 0 Å². The van der Waals surface area contributed by atoms with E-state index in [9.17, 15) is 4.79 Å². The Morgan fingerprint density at radius 2 is 2.24 bits per heavy atom. The number of benzene rings is 1. The zero-order valence-corrected chi connectivity index (χ0v) is 9.92. The van der Waals surface area contributed by atoms with Gasteiger partial charge in [0.2, 0.25) is 0 Å². The lowest BCUT2D eigenvalue weighted by Crippen LogP contribution is -2.22. The Labute approximate surface area is 99.9 Å². The molecule has 0 saturated carbocycles. The third-order valence-corrected chi connectivity index (χ3v) is 3.55. The second-order valence-corrected chi connectivity index (χ2v) is 4.74. The highest BCUT2D eigenvalue weighted by atomic mass is 16.1. The molecule has 1 aliphatic heterocycles. The van der Waals surface area contributed by atoms with Gasteiger partial charge in [-0.2, -0.15) is 0 Å². The molecule has 1 saturated heterocycles. The van der Waals surface area contributed by atoms with Crippen LogP contribution in [0.2, 0.25) is 0 Å². The van der Waals surface area contributed by atoms with Gasteiger partial charge in [-0.05, 0) is 43.3 Å². The molecular formula is C14H16N2O. The van der Waals surface area contributed by atoms with Crippen LogP contribution in [-0.4, -0.2) is 11.5 Å². The summed E-state index contributed by atoms with van der Waals surface area (Å²) in [6.45, 7) is 3.03. The fourth-order valence-electron chi connectivity index (χ4n) is 2.61. The van der Waals surface area contributed by atoms with Crippen molar-refractivity contribution >= 4 is 10.9 Å². The van der Waals surface area contributed by atoms with Gasteiger partial charge in [0, 0.05) is 11.6 Å². The first-order valence-corrected chi connectivity index (χ1v) is 6.11. The van der Waals surface area contributed by atoms with Crippen molar-refractivity contribution in [3.05, 3.63) is 45.7 Å². The van der Waals surface area contributed by atoms with Gasteiger partial charge < -0.3 is 10.3 Å². The van der Waals surface area contributed by atoms with Crippen LogP contribution in [0.1, 0.15) is 30.0 Å². The molecule has 88 valence electrons. The molecule has 2 aromatic rings. The van der Waals surface area contributed by atoms with Crippen molar-refractivity contribution in [3.8, 4) is 0 Å². The zero-order valence-electron chi connectivity index (χ0n) is 9.92. The Hall–Kier alpha value is -1.61. The molecule has 0 spiro atoms. The van der Waals surface area contributed by atoms with E-state index in [1.807, 2.05) is 25.1 Å². The van der Waals surface area contributed by atoms with E-state index in [1.54, 1.807) is 0 Å². The third-order valence-electron chi connectivity index (χ3n) is 3.55. The fourth-order valence-corrected chi connectivity index (χ4v) is 2.61. The van der Waals surface area contributed by atoms with Crippen molar-refractivity contribution in [2.75, 3.05) is 6.54 Å². The molecule has 0 aliphatic carbocycles. The molecule has 1 aromatic heterocycles. The summed E-state index contributed by atoms with van der Waals surface area (Å²) in [7, 11) is 0. The Morgan fingerprint density at radius 1 is 1.35 bits per heavy atom. The summed E-state index contributed by atoms with van der Waals surface area (Å²) in [5, 5.41) is 4.49. The summed E-state index contributed by atoms with van der Waals surface area (Å²) in [6, 6.07) is 8.36. The number of aryl methyl sites for hydroxylation is 1. The minimum atomic E-state index is 0.0474. The zero-order chi connectivity index (χ0) is 11.8. The van der Waals surface area contributed by atoms with E-state index in [4.69, 9.17) is 0 Å². The van der Waals surface area contributed by atoms with Gasteiger partial charge in [-0.3, -0.25) is 4.79 Å². The Morgan fingerprint density at radius 3 is 3.00 bits per heavy atom. The lowest BCUT2D eigenvalue weighted by molar-refractivity contribution is 0.641. The molecule has 2 N–H and O–H groups in total. The molecule has 1 unspecified atom stereocenters. The standard InChI is InChI=1S/C14H16N2O/c1-9-4-2-5-10-8-11(12-6-3-7-15-12)14(17)16-13(9)10/h2,4-5,8,12,15H,3,6-7H2,1H3,(H,16,17). The highest BCUT2D eigenvalue weighted by Crippen LogP contribution is 2.23. The van der Waals surface area contributed by atoms with Gasteiger partial charge in [-0.25, -0.2) is 0 Å². The predicted octanol–water partition coefficient (Wildman–Crippen LogP) is 2.26. The van der Waals surface area contributed by atoms with Crippen LogP contribution in [0.25, 0.3) is 10.9 Å². The Kier molecular flexibility index (Phi) is 2.48. The molecule has 3 heteroatoms. The van der Waals surface area contributed by atoms with Crippen LogP contribution in [0.5, 0.6) is 0 Å². The number of hydrogen-bond donors (Lipinski definition) is 2. The van der Waals surface area contributed by atoms with Crippen LogP contribution in [0.15, 0.2) is 29.1 Å². The molecule has 3 nitrogen and oxygen atoms in total. The molecule has 0 bridgehead atoms. The number of aromatic amines is 1. The summed E-state index contributed by atoms with van der Waals surface area (Å²) in [5.41, 5.74) is 3.00. The third kappa shape index (κ3) is 1.76. The quantitative estimate of drug-likeness (QED) is 0.786. The lowest BCUT2D eigenvalue weighted by Gasteiger charge is -2.11. The molecule has 1 atom stereocenters. The normalized spacial score (nSPS) is 19.9. The van der Waals surface area contributed by atoms with E-state index in [0.717, 1.165) is 41.4 Å². The number of H-pyrrole nitrogens is 1. The van der Waals surface area contributed by atoms with Crippen molar-refractivity contribution in [2.45, 2.75) is 25.8 Å². The van der Waals surface area contributed by atoms with Crippen molar-refractivity contribution in [2.24, 2.45) is 0 Å². The summed E-state index contributed by atoms with van der Waals surface area (Å²) >= 11 is 0. The van der Waals surface area contributed by atoms with E-state index >= 15 is 0 Å². The van der Waals surface area contributed by atoms with Gasteiger partial charge in [-0.15, -0.1) is 0 Å². The number of nitrogens with one attached hydrogen (secondary N) is 2. The monoisotopic (exact) mass is 228 g/mol. The maximum absolute atomic E-state index is 12.1. The van der Waals surface area contributed by atoms with E-state index in [2.05, 4.69) is 16.4 Å². The van der Waals surface area contributed by atoms with Gasteiger partial charge >= 0.3 is 0 Å². The number of rotatable bonds is 1. The van der Waals surface area contributed by atoms with Crippen LogP contribution in [0.4, 0.5) is 0 Å². The first-order valence-electron chi connectivity index (χ1n) is 6.11. The summed E-state index contributed by atoms with van der Waals surface area (Å²) < 4.78 is 0. The van der Waals surface area contributed by atoms with Crippen LogP contribution < -0.4 is 10.9 Å². The second kappa shape index (κ2) is 4.00. The average molecular weight is 228 g/mol. The van der Waals surface area contributed by atoms with E-state index < -0.39 is 0 Å². The Bertz CT molecular complexity index is 609. The van der Waals surface area contributed by atoms with Gasteiger partial charge in [0.05, 0.1) is 5.52 Å². The summed E-state index contributed by atoms with van der Waals surface area (Å²) in [5.74, 6) is 0. The smallest absolute Gasteiger partial charge is 0.253 e. The predicted molar refractivity (Wildman–Crippen MR) is 69.3 cm³/mol. The van der Waals surface area contributed by atoms with Gasteiger partial charge in [0.15, 0.2) is 0 Å². The SMILES string of the molecule is Cc1cccc2cc(C3CCCN3)c(=O)[nH]c12. The minimum absolute atomic E-state index is 0.0474. The van der Waals surface area contributed by atoms with Crippen LogP contribution in [0, 0.1) is 6.92 Å². The number of fused-ring (bicyclic) bond motifs is 1. The van der Waals surface area contributed by atoms with Crippen molar-refractivity contribution < 1.29 is 0 Å². The maximum atomic E-state index is 12.1. The first kappa shape index (κ1) is 10.5. The highest BCUT2D eigenvalue weighted by molar-refractivity contribution is 5.82. The van der Waals surface area contributed by atoms with Crippen molar-refractivity contribution in [1.82, 2.24) is 10.3 Å². The largest absolute Gasteiger partial charge is 0.321 e. The number of pyridine rings is 1. The molecular weight excluding hydrogens is 212 g/mol. The second-order valence-electron chi connectivity index (χ2n) is 4.74. The summed E-state index contributed by atoms with van der Waals surface area (Å²) in [4.78, 5) is 15.1. The van der Waals surface area contributed by atoms with Crippen LogP contribution >= 0.6 is 0 Å². The Balaban J connectivity index is 2.20. The molecule has 1 fully saturated rings. The average Bonchev–Trinajstić information content (AvgIpc) is 2.83. The molecule has 1 aromatic carbocycles. The molecule has 0 amide bonds. The molecule has 17 heavy (non-hydrogen) atoms. The number of aromatic nitrogens is 1. The van der Waals surface area contributed by atoms with E-state index in [-0.39, 0.29) is 11.6 Å². The fraction of sp³-hybridized carbons (Fsp3) is 0.357. The number of hydrogen-bond acceptors (Lipinski definition) is 2. The molecule has 3 rings (SSSR count). The molecule has 0 radical (unpaired) electrons. The van der Waals surface area contributed by atoms with E-state index in [0.29, 0.717) is 0 Å². The van der Waals surface area contributed by atoms with Crippen LogP contribution in [-0.2, 0) is 0 Å². The number of para-hydroxylation sites is 1. The highest BCUT2D eigenvalue weighted by Gasteiger charge is 2.19. The van der Waals surface area contributed by atoms with Gasteiger partial charge in [-0.1, -0.05) is 18.2 Å². The van der Waals surface area contributed by atoms with Crippen molar-refractivity contribution in [1.29, 1.82) is 0 Å². The minimum Gasteiger partial charge on any atom is -0.321 e. The van der Waals surface area contributed by atoms with E-state index in [1.165, 1.54) is 0 Å². The topological polar surface area (TPSA) is 44.9 Å². The first-order chi connectivity index (χ1) is 8.25. The maximum Gasteiger partial charge on any atom is 0.253 e.